The highest BCUT2D eigenvalue weighted by Crippen LogP contribution is 2.24. The van der Waals surface area contributed by atoms with Crippen LogP contribution in [0.15, 0.2) is 35.0 Å². The Kier molecular flexibility index (Phi) is 5.30. The minimum Gasteiger partial charge on any atom is -0.452 e. The number of thiophene rings is 1. The molecule has 1 atom stereocenters. The number of carbonyl (C=O) groups is 2. The Morgan fingerprint density at radius 3 is 2.75 bits per heavy atom. The van der Waals surface area contributed by atoms with Crippen LogP contribution in [0.2, 0.25) is 0 Å². The molecule has 2 aromatic rings. The van der Waals surface area contributed by atoms with Gasteiger partial charge < -0.3 is 10.1 Å². The van der Waals surface area contributed by atoms with Crippen molar-refractivity contribution in [1.82, 2.24) is 5.32 Å². The maximum Gasteiger partial charge on any atom is 0.339 e. The lowest BCUT2D eigenvalue weighted by atomic mass is 9.89. The van der Waals surface area contributed by atoms with Crippen LogP contribution >= 0.6 is 11.3 Å². The summed E-state index contributed by atoms with van der Waals surface area (Å²) in [7, 11) is 0. The van der Waals surface area contributed by atoms with Gasteiger partial charge in [0.15, 0.2) is 6.61 Å². The molecule has 5 heteroatoms. The summed E-state index contributed by atoms with van der Waals surface area (Å²) in [6.45, 7) is 1.69. The molecule has 0 saturated heterocycles. The van der Waals surface area contributed by atoms with Crippen molar-refractivity contribution in [3.63, 3.8) is 0 Å². The van der Waals surface area contributed by atoms with Crippen LogP contribution in [-0.2, 0) is 22.4 Å². The molecular weight excluding hydrogens is 322 g/mol. The fraction of sp³-hybridized carbons (Fsp3) is 0.368. The molecule has 1 aliphatic carbocycles. The quantitative estimate of drug-likeness (QED) is 0.843. The van der Waals surface area contributed by atoms with Crippen molar-refractivity contribution >= 4 is 23.2 Å². The molecule has 0 spiro atoms. The first-order valence-electron chi connectivity index (χ1n) is 8.24. The van der Waals surface area contributed by atoms with E-state index < -0.39 is 5.97 Å². The zero-order valence-corrected chi connectivity index (χ0v) is 14.5. The van der Waals surface area contributed by atoms with Gasteiger partial charge in [-0.15, -0.1) is 0 Å². The Bertz CT molecular complexity index is 724. The van der Waals surface area contributed by atoms with Crippen molar-refractivity contribution in [3.05, 3.63) is 57.3 Å². The van der Waals surface area contributed by atoms with Gasteiger partial charge in [0.05, 0.1) is 11.6 Å². The van der Waals surface area contributed by atoms with E-state index in [1.54, 1.807) is 16.8 Å². The number of rotatable bonds is 5. The van der Waals surface area contributed by atoms with Crippen molar-refractivity contribution in [3.8, 4) is 0 Å². The molecule has 1 N–H and O–H groups in total. The van der Waals surface area contributed by atoms with Gasteiger partial charge in [-0.25, -0.2) is 4.79 Å². The number of hydrogen-bond donors (Lipinski definition) is 1. The average Bonchev–Trinajstić information content (AvgIpc) is 3.14. The van der Waals surface area contributed by atoms with E-state index in [9.17, 15) is 9.59 Å². The van der Waals surface area contributed by atoms with Gasteiger partial charge in [0.25, 0.3) is 5.91 Å². The average molecular weight is 343 g/mol. The third-order valence-electron chi connectivity index (χ3n) is 4.34. The number of esters is 1. The monoisotopic (exact) mass is 343 g/mol. The SMILES string of the molecule is C[C@@H](NC(=O)COC(=O)c1ccsc1)c1ccc2c(c1)CCCC2. The van der Waals surface area contributed by atoms with Crippen LogP contribution in [0.5, 0.6) is 0 Å². The van der Waals surface area contributed by atoms with E-state index in [1.165, 1.54) is 35.3 Å². The first-order chi connectivity index (χ1) is 11.6. The molecule has 1 amide bonds. The second-order valence-corrected chi connectivity index (χ2v) is 6.89. The number of hydrogen-bond acceptors (Lipinski definition) is 4. The predicted octanol–water partition coefficient (Wildman–Crippen LogP) is 3.66. The number of fused-ring (bicyclic) bond motifs is 1. The van der Waals surface area contributed by atoms with Gasteiger partial charge in [0, 0.05) is 5.38 Å². The van der Waals surface area contributed by atoms with Crippen LogP contribution in [-0.4, -0.2) is 18.5 Å². The fourth-order valence-corrected chi connectivity index (χ4v) is 3.61. The summed E-state index contributed by atoms with van der Waals surface area (Å²) < 4.78 is 5.03. The van der Waals surface area contributed by atoms with Crippen LogP contribution in [0.4, 0.5) is 0 Å². The Morgan fingerprint density at radius 2 is 2.00 bits per heavy atom. The van der Waals surface area contributed by atoms with Crippen LogP contribution in [0.3, 0.4) is 0 Å². The van der Waals surface area contributed by atoms with Crippen LogP contribution in [0, 0.1) is 0 Å². The highest BCUT2D eigenvalue weighted by molar-refractivity contribution is 7.08. The molecule has 1 aromatic carbocycles. The van der Waals surface area contributed by atoms with Crippen molar-refractivity contribution in [2.24, 2.45) is 0 Å². The first-order valence-corrected chi connectivity index (χ1v) is 9.18. The van der Waals surface area contributed by atoms with Crippen molar-refractivity contribution in [2.75, 3.05) is 6.61 Å². The van der Waals surface area contributed by atoms with Crippen LogP contribution in [0.1, 0.15) is 52.9 Å². The van der Waals surface area contributed by atoms with Gasteiger partial charge >= 0.3 is 5.97 Å². The lowest BCUT2D eigenvalue weighted by Gasteiger charge is -2.20. The molecule has 0 bridgehead atoms. The maximum absolute atomic E-state index is 12.0. The predicted molar refractivity (Wildman–Crippen MR) is 94.2 cm³/mol. The summed E-state index contributed by atoms with van der Waals surface area (Å²) in [4.78, 5) is 23.7. The van der Waals surface area contributed by atoms with Gasteiger partial charge in [0.2, 0.25) is 0 Å². The van der Waals surface area contributed by atoms with E-state index in [-0.39, 0.29) is 18.6 Å². The molecule has 1 aliphatic rings. The summed E-state index contributed by atoms with van der Waals surface area (Å²) in [5, 5.41) is 6.39. The number of aryl methyl sites for hydroxylation is 2. The molecule has 0 radical (unpaired) electrons. The maximum atomic E-state index is 12.0. The van der Waals surface area contributed by atoms with Crippen LogP contribution in [0.25, 0.3) is 0 Å². The molecule has 0 aliphatic heterocycles. The molecule has 1 aromatic heterocycles. The highest BCUT2D eigenvalue weighted by atomic mass is 32.1. The topological polar surface area (TPSA) is 55.4 Å². The van der Waals surface area contributed by atoms with Gasteiger partial charge in [0.1, 0.15) is 0 Å². The van der Waals surface area contributed by atoms with E-state index in [0.717, 1.165) is 18.4 Å². The molecule has 3 rings (SSSR count). The lowest BCUT2D eigenvalue weighted by Crippen LogP contribution is -2.31. The second kappa shape index (κ2) is 7.62. The summed E-state index contributed by atoms with van der Waals surface area (Å²) in [6.07, 6.45) is 4.75. The normalized spacial score (nSPS) is 14.5. The summed E-state index contributed by atoms with van der Waals surface area (Å²) >= 11 is 1.42. The minimum absolute atomic E-state index is 0.107. The molecule has 0 unspecified atom stereocenters. The zero-order chi connectivity index (χ0) is 16.9. The van der Waals surface area contributed by atoms with Gasteiger partial charge in [-0.05, 0) is 60.7 Å². The number of carbonyl (C=O) groups excluding carboxylic acids is 2. The first kappa shape index (κ1) is 16.7. The Labute approximate surface area is 145 Å². The summed E-state index contributed by atoms with van der Waals surface area (Å²) in [5.74, 6) is -0.753. The third kappa shape index (κ3) is 4.03. The molecule has 1 heterocycles. The van der Waals surface area contributed by atoms with E-state index in [1.807, 2.05) is 6.92 Å². The summed E-state index contributed by atoms with van der Waals surface area (Å²) in [5.41, 5.74) is 4.39. The zero-order valence-electron chi connectivity index (χ0n) is 13.7. The van der Waals surface area contributed by atoms with E-state index in [0.29, 0.717) is 5.56 Å². The Balaban J connectivity index is 1.53. The Hall–Kier alpha value is -2.14. The molecule has 126 valence electrons. The lowest BCUT2D eigenvalue weighted by molar-refractivity contribution is -0.124. The van der Waals surface area contributed by atoms with Crippen molar-refractivity contribution in [1.29, 1.82) is 0 Å². The van der Waals surface area contributed by atoms with Gasteiger partial charge in [-0.1, -0.05) is 18.2 Å². The Morgan fingerprint density at radius 1 is 1.21 bits per heavy atom. The molecule has 0 fully saturated rings. The summed E-state index contributed by atoms with van der Waals surface area (Å²) in [6, 6.07) is 8.01. The van der Waals surface area contributed by atoms with Crippen LogP contribution < -0.4 is 5.32 Å². The molecule has 24 heavy (non-hydrogen) atoms. The number of amides is 1. The largest absolute Gasteiger partial charge is 0.452 e. The standard InChI is InChI=1S/C19H21NO3S/c1-13(15-7-6-14-4-2-3-5-16(14)10-15)20-18(21)11-23-19(22)17-8-9-24-12-17/h6-10,12-13H,2-5,11H2,1H3,(H,20,21)/t13-/m1/s1. The van der Waals surface area contributed by atoms with Crippen molar-refractivity contribution in [2.45, 2.75) is 38.6 Å². The fourth-order valence-electron chi connectivity index (χ4n) is 2.98. The van der Waals surface area contributed by atoms with Crippen molar-refractivity contribution < 1.29 is 14.3 Å². The van der Waals surface area contributed by atoms with Gasteiger partial charge in [-0.2, -0.15) is 11.3 Å². The number of ether oxygens (including phenoxy) is 1. The number of nitrogens with one attached hydrogen (secondary N) is 1. The second-order valence-electron chi connectivity index (χ2n) is 6.11. The highest BCUT2D eigenvalue weighted by Gasteiger charge is 2.15. The van der Waals surface area contributed by atoms with E-state index in [2.05, 4.69) is 23.5 Å². The number of benzene rings is 1. The molecule has 4 nitrogen and oxygen atoms in total. The molecular formula is C19H21NO3S. The third-order valence-corrected chi connectivity index (χ3v) is 5.02. The minimum atomic E-state index is -0.465. The smallest absolute Gasteiger partial charge is 0.339 e. The van der Waals surface area contributed by atoms with E-state index >= 15 is 0 Å². The molecule has 0 saturated carbocycles. The van der Waals surface area contributed by atoms with E-state index in [4.69, 9.17) is 4.74 Å². The van der Waals surface area contributed by atoms with Gasteiger partial charge in [-0.3, -0.25) is 4.79 Å².